The maximum atomic E-state index is 8.70. The second kappa shape index (κ2) is 4.50. The summed E-state index contributed by atoms with van der Waals surface area (Å²) in [5.74, 6) is 0. The maximum absolute atomic E-state index is 8.70. The van der Waals surface area contributed by atoms with Crippen molar-refractivity contribution in [3.8, 4) is 6.07 Å². The van der Waals surface area contributed by atoms with Gasteiger partial charge in [0.1, 0.15) is 11.8 Å². The van der Waals surface area contributed by atoms with E-state index in [4.69, 9.17) is 5.26 Å². The molecule has 0 saturated carbocycles. The van der Waals surface area contributed by atoms with Crippen LogP contribution < -0.4 is 10.2 Å². The number of hydrogen-bond acceptors (Lipinski definition) is 4. The van der Waals surface area contributed by atoms with Gasteiger partial charge in [-0.3, -0.25) is 0 Å². The molecule has 0 bridgehead atoms. The Morgan fingerprint density at radius 2 is 2.31 bits per heavy atom. The van der Waals surface area contributed by atoms with Gasteiger partial charge in [0.25, 0.3) is 0 Å². The van der Waals surface area contributed by atoms with E-state index in [0.717, 1.165) is 18.8 Å². The third kappa shape index (κ3) is 2.00. The molecule has 1 aromatic rings. The Hall–Kier alpha value is -1.60. The molecule has 2 rings (SSSR count). The standard InChI is InChI=1S/C12H16N4/c1-9-10(2)16(6-5-14-9)12-4-3-11(7-13)15-8-12/h3-4,8-10,14H,5-6H2,1-2H3. The predicted octanol–water partition coefficient (Wildman–Crippen LogP) is 1.14. The molecule has 84 valence electrons. The van der Waals surface area contributed by atoms with Crippen molar-refractivity contribution in [2.45, 2.75) is 25.9 Å². The van der Waals surface area contributed by atoms with E-state index < -0.39 is 0 Å². The Kier molecular flexibility index (Phi) is 3.07. The zero-order valence-corrected chi connectivity index (χ0v) is 9.64. The van der Waals surface area contributed by atoms with E-state index in [1.54, 1.807) is 12.3 Å². The first-order valence-electron chi connectivity index (χ1n) is 5.58. The highest BCUT2D eigenvalue weighted by molar-refractivity contribution is 5.47. The second-order valence-corrected chi connectivity index (χ2v) is 4.19. The first kappa shape index (κ1) is 10.9. The fourth-order valence-corrected chi connectivity index (χ4v) is 2.04. The number of piperazine rings is 1. The van der Waals surface area contributed by atoms with Gasteiger partial charge in [-0.2, -0.15) is 5.26 Å². The predicted molar refractivity (Wildman–Crippen MR) is 63.2 cm³/mol. The molecule has 1 saturated heterocycles. The molecule has 1 aliphatic rings. The number of pyridine rings is 1. The van der Waals surface area contributed by atoms with Gasteiger partial charge in [-0.1, -0.05) is 0 Å². The van der Waals surface area contributed by atoms with Gasteiger partial charge in [-0.15, -0.1) is 0 Å². The van der Waals surface area contributed by atoms with E-state index in [-0.39, 0.29) is 0 Å². The van der Waals surface area contributed by atoms with Crippen LogP contribution >= 0.6 is 0 Å². The Labute approximate surface area is 95.9 Å². The minimum atomic E-state index is 0.448. The topological polar surface area (TPSA) is 52.0 Å². The number of anilines is 1. The highest BCUT2D eigenvalue weighted by atomic mass is 15.2. The smallest absolute Gasteiger partial charge is 0.140 e. The lowest BCUT2D eigenvalue weighted by molar-refractivity contribution is 0.404. The summed E-state index contributed by atoms with van der Waals surface area (Å²) in [5, 5.41) is 12.1. The van der Waals surface area contributed by atoms with Crippen LogP contribution in [0.5, 0.6) is 0 Å². The lowest BCUT2D eigenvalue weighted by Crippen LogP contribution is -2.55. The molecule has 0 spiro atoms. The largest absolute Gasteiger partial charge is 0.365 e. The van der Waals surface area contributed by atoms with Crippen LogP contribution in [0.4, 0.5) is 5.69 Å². The summed E-state index contributed by atoms with van der Waals surface area (Å²) in [6.45, 7) is 6.37. The SMILES string of the molecule is CC1NCCN(c2ccc(C#N)nc2)C1C. The van der Waals surface area contributed by atoms with Crippen LogP contribution in [0.2, 0.25) is 0 Å². The quantitative estimate of drug-likeness (QED) is 0.765. The lowest BCUT2D eigenvalue weighted by Gasteiger charge is -2.40. The van der Waals surface area contributed by atoms with Crippen molar-refractivity contribution < 1.29 is 0 Å². The summed E-state index contributed by atoms with van der Waals surface area (Å²) in [5.41, 5.74) is 1.57. The normalized spacial score (nSPS) is 25.2. The Morgan fingerprint density at radius 3 is 2.94 bits per heavy atom. The van der Waals surface area contributed by atoms with E-state index >= 15 is 0 Å². The van der Waals surface area contributed by atoms with Crippen LogP contribution in [0.1, 0.15) is 19.5 Å². The molecule has 1 fully saturated rings. The molecule has 1 aromatic heterocycles. The van der Waals surface area contributed by atoms with Crippen molar-refractivity contribution in [3.63, 3.8) is 0 Å². The van der Waals surface area contributed by atoms with Crippen molar-refractivity contribution >= 4 is 5.69 Å². The van der Waals surface area contributed by atoms with Crippen LogP contribution in [0.3, 0.4) is 0 Å². The number of aromatic nitrogens is 1. The van der Waals surface area contributed by atoms with Gasteiger partial charge in [0.2, 0.25) is 0 Å². The van der Waals surface area contributed by atoms with Gasteiger partial charge in [0, 0.05) is 25.2 Å². The highest BCUT2D eigenvalue weighted by Gasteiger charge is 2.24. The third-order valence-electron chi connectivity index (χ3n) is 3.23. The number of rotatable bonds is 1. The summed E-state index contributed by atoms with van der Waals surface area (Å²) in [6, 6.07) is 6.70. The maximum Gasteiger partial charge on any atom is 0.140 e. The Morgan fingerprint density at radius 1 is 1.50 bits per heavy atom. The lowest BCUT2D eigenvalue weighted by atomic mass is 10.1. The van der Waals surface area contributed by atoms with Crippen molar-refractivity contribution in [1.82, 2.24) is 10.3 Å². The summed E-state index contributed by atoms with van der Waals surface area (Å²) < 4.78 is 0. The van der Waals surface area contributed by atoms with Crippen LogP contribution in [0.25, 0.3) is 0 Å². The van der Waals surface area contributed by atoms with Gasteiger partial charge in [-0.25, -0.2) is 4.98 Å². The van der Waals surface area contributed by atoms with Crippen molar-refractivity contribution in [1.29, 1.82) is 5.26 Å². The van der Waals surface area contributed by atoms with Gasteiger partial charge >= 0.3 is 0 Å². The molecule has 0 amide bonds. The molecule has 4 nitrogen and oxygen atoms in total. The highest BCUT2D eigenvalue weighted by Crippen LogP contribution is 2.19. The van der Waals surface area contributed by atoms with Gasteiger partial charge in [0.15, 0.2) is 0 Å². The van der Waals surface area contributed by atoms with Crippen LogP contribution in [-0.2, 0) is 0 Å². The molecule has 2 heterocycles. The minimum absolute atomic E-state index is 0.448. The van der Waals surface area contributed by atoms with Gasteiger partial charge < -0.3 is 10.2 Å². The third-order valence-corrected chi connectivity index (χ3v) is 3.23. The molecule has 1 N–H and O–H groups in total. The average Bonchev–Trinajstić information content (AvgIpc) is 2.33. The zero-order valence-electron chi connectivity index (χ0n) is 9.64. The second-order valence-electron chi connectivity index (χ2n) is 4.19. The van der Waals surface area contributed by atoms with Crippen molar-refractivity contribution in [2.24, 2.45) is 0 Å². The van der Waals surface area contributed by atoms with Crippen LogP contribution in [0.15, 0.2) is 18.3 Å². The molecule has 0 aliphatic carbocycles. The fraction of sp³-hybridized carbons (Fsp3) is 0.500. The molecule has 2 unspecified atom stereocenters. The Bertz CT molecular complexity index is 392. The summed E-state index contributed by atoms with van der Waals surface area (Å²) in [4.78, 5) is 6.44. The molecule has 16 heavy (non-hydrogen) atoms. The molecule has 0 aromatic carbocycles. The molecule has 0 radical (unpaired) electrons. The molecular weight excluding hydrogens is 200 g/mol. The number of hydrogen-bond donors (Lipinski definition) is 1. The number of nitriles is 1. The molecule has 1 aliphatic heterocycles. The number of nitrogens with zero attached hydrogens (tertiary/aromatic N) is 3. The summed E-state index contributed by atoms with van der Waals surface area (Å²) >= 11 is 0. The Balaban J connectivity index is 2.19. The molecular formula is C12H16N4. The number of nitrogens with one attached hydrogen (secondary N) is 1. The van der Waals surface area contributed by atoms with E-state index in [0.29, 0.717) is 17.8 Å². The van der Waals surface area contributed by atoms with Gasteiger partial charge in [0.05, 0.1) is 11.9 Å². The molecule has 4 heteroatoms. The van der Waals surface area contributed by atoms with E-state index in [1.165, 1.54) is 0 Å². The van der Waals surface area contributed by atoms with Crippen molar-refractivity contribution in [3.05, 3.63) is 24.0 Å². The molecule has 2 atom stereocenters. The summed E-state index contributed by atoms with van der Waals surface area (Å²) in [6.07, 6.45) is 1.78. The first-order valence-corrected chi connectivity index (χ1v) is 5.58. The van der Waals surface area contributed by atoms with Crippen LogP contribution in [-0.4, -0.2) is 30.2 Å². The summed E-state index contributed by atoms with van der Waals surface area (Å²) in [7, 11) is 0. The van der Waals surface area contributed by atoms with Crippen LogP contribution in [0, 0.1) is 11.3 Å². The monoisotopic (exact) mass is 216 g/mol. The van der Waals surface area contributed by atoms with E-state index in [9.17, 15) is 0 Å². The zero-order chi connectivity index (χ0) is 11.5. The van der Waals surface area contributed by atoms with Gasteiger partial charge in [-0.05, 0) is 26.0 Å². The fourth-order valence-electron chi connectivity index (χ4n) is 2.04. The minimum Gasteiger partial charge on any atom is -0.365 e. The van der Waals surface area contributed by atoms with Crippen molar-refractivity contribution in [2.75, 3.05) is 18.0 Å². The van der Waals surface area contributed by atoms with E-state index in [2.05, 4.69) is 29.0 Å². The first-order chi connectivity index (χ1) is 7.72. The van der Waals surface area contributed by atoms with E-state index in [1.807, 2.05) is 12.1 Å². The average molecular weight is 216 g/mol.